The molecule has 1 fully saturated rings. The molecule has 1 aliphatic carbocycles. The Hall–Kier alpha value is -1.44. The fraction of sp³-hybridized carbons (Fsp3) is 0.500. The minimum absolute atomic E-state index is 0.183. The molecule has 0 aromatic heterocycles. The molecule has 0 saturated carbocycles. The standard InChI is InChI=1S/C14H15FN2O/c15-13-3-1-2-12-11(13)4-5-14(12,10-16)17-6-8-18-9-7-17/h1-3H,4-9H2. The van der Waals surface area contributed by atoms with Gasteiger partial charge in [0.1, 0.15) is 11.4 Å². The van der Waals surface area contributed by atoms with Gasteiger partial charge in [0.25, 0.3) is 0 Å². The van der Waals surface area contributed by atoms with Crippen molar-refractivity contribution in [1.29, 1.82) is 5.26 Å². The van der Waals surface area contributed by atoms with E-state index < -0.39 is 5.54 Å². The predicted molar refractivity (Wildman–Crippen MR) is 64.4 cm³/mol. The Morgan fingerprint density at radius 2 is 2.11 bits per heavy atom. The van der Waals surface area contributed by atoms with Gasteiger partial charge in [-0.3, -0.25) is 4.90 Å². The lowest BCUT2D eigenvalue weighted by atomic mass is 9.91. The number of ether oxygens (including phenoxy) is 1. The fourth-order valence-corrected chi connectivity index (χ4v) is 3.10. The summed E-state index contributed by atoms with van der Waals surface area (Å²) in [6, 6.07) is 7.51. The molecule has 3 nitrogen and oxygen atoms in total. The monoisotopic (exact) mass is 246 g/mol. The van der Waals surface area contributed by atoms with E-state index >= 15 is 0 Å². The molecule has 0 amide bonds. The van der Waals surface area contributed by atoms with E-state index in [0.29, 0.717) is 31.6 Å². The van der Waals surface area contributed by atoms with Gasteiger partial charge in [0, 0.05) is 13.1 Å². The van der Waals surface area contributed by atoms with Crippen molar-refractivity contribution in [2.45, 2.75) is 18.4 Å². The molecular weight excluding hydrogens is 231 g/mol. The van der Waals surface area contributed by atoms with Gasteiger partial charge in [0.05, 0.1) is 19.3 Å². The zero-order valence-corrected chi connectivity index (χ0v) is 10.2. The molecule has 94 valence electrons. The summed E-state index contributed by atoms with van der Waals surface area (Å²) in [5, 5.41) is 9.65. The van der Waals surface area contributed by atoms with Crippen LogP contribution < -0.4 is 0 Å². The van der Waals surface area contributed by atoms with E-state index in [-0.39, 0.29) is 5.82 Å². The first-order valence-electron chi connectivity index (χ1n) is 6.30. The number of hydrogen-bond donors (Lipinski definition) is 0. The van der Waals surface area contributed by atoms with Crippen LogP contribution in [-0.2, 0) is 16.7 Å². The summed E-state index contributed by atoms with van der Waals surface area (Å²) in [5.74, 6) is -0.183. The van der Waals surface area contributed by atoms with Gasteiger partial charge < -0.3 is 4.74 Å². The van der Waals surface area contributed by atoms with Gasteiger partial charge in [-0.15, -0.1) is 0 Å². The third-order valence-corrected chi connectivity index (χ3v) is 4.04. The first-order valence-corrected chi connectivity index (χ1v) is 6.30. The van der Waals surface area contributed by atoms with Crippen molar-refractivity contribution in [3.05, 3.63) is 35.1 Å². The number of fused-ring (bicyclic) bond motifs is 1. The molecule has 1 aromatic rings. The first-order chi connectivity index (χ1) is 8.78. The molecule has 1 atom stereocenters. The minimum Gasteiger partial charge on any atom is -0.379 e. The Kier molecular flexibility index (Phi) is 2.81. The molecule has 2 aliphatic rings. The van der Waals surface area contributed by atoms with Crippen LogP contribution in [0, 0.1) is 17.1 Å². The van der Waals surface area contributed by atoms with Crippen molar-refractivity contribution in [2.75, 3.05) is 26.3 Å². The second kappa shape index (κ2) is 4.34. The summed E-state index contributed by atoms with van der Waals surface area (Å²) >= 11 is 0. The molecule has 1 aromatic carbocycles. The molecule has 1 heterocycles. The molecule has 1 saturated heterocycles. The van der Waals surface area contributed by atoms with Crippen LogP contribution in [0.1, 0.15) is 17.5 Å². The number of morpholine rings is 1. The van der Waals surface area contributed by atoms with E-state index in [1.54, 1.807) is 6.07 Å². The highest BCUT2D eigenvalue weighted by Crippen LogP contribution is 2.42. The van der Waals surface area contributed by atoms with Crippen LogP contribution >= 0.6 is 0 Å². The molecule has 1 unspecified atom stereocenters. The van der Waals surface area contributed by atoms with Crippen molar-refractivity contribution in [1.82, 2.24) is 4.90 Å². The second-order valence-corrected chi connectivity index (χ2v) is 4.84. The maximum Gasteiger partial charge on any atom is 0.135 e. The zero-order valence-electron chi connectivity index (χ0n) is 10.2. The van der Waals surface area contributed by atoms with Crippen LogP contribution in [0.15, 0.2) is 18.2 Å². The van der Waals surface area contributed by atoms with Crippen LogP contribution in [0.3, 0.4) is 0 Å². The third kappa shape index (κ3) is 1.55. The highest BCUT2D eigenvalue weighted by molar-refractivity contribution is 5.44. The van der Waals surface area contributed by atoms with Gasteiger partial charge in [0.2, 0.25) is 0 Å². The quantitative estimate of drug-likeness (QED) is 0.758. The summed E-state index contributed by atoms with van der Waals surface area (Å²) in [6.45, 7) is 2.77. The van der Waals surface area contributed by atoms with Crippen molar-refractivity contribution < 1.29 is 9.13 Å². The molecule has 1 aliphatic heterocycles. The number of hydrogen-bond acceptors (Lipinski definition) is 3. The van der Waals surface area contributed by atoms with Gasteiger partial charge in [-0.2, -0.15) is 5.26 Å². The van der Waals surface area contributed by atoms with Gasteiger partial charge >= 0.3 is 0 Å². The number of rotatable bonds is 1. The van der Waals surface area contributed by atoms with E-state index in [4.69, 9.17) is 4.74 Å². The first kappa shape index (κ1) is 11.6. The SMILES string of the molecule is N#CC1(N2CCOCC2)CCc2c(F)cccc21. The Labute approximate surface area is 106 Å². The number of nitrogens with zero attached hydrogens (tertiary/aromatic N) is 2. The van der Waals surface area contributed by atoms with Crippen LogP contribution in [0.25, 0.3) is 0 Å². The van der Waals surface area contributed by atoms with Crippen molar-refractivity contribution >= 4 is 0 Å². The highest BCUT2D eigenvalue weighted by Gasteiger charge is 2.45. The second-order valence-electron chi connectivity index (χ2n) is 4.84. The van der Waals surface area contributed by atoms with Crippen LogP contribution in [0.4, 0.5) is 4.39 Å². The molecule has 0 N–H and O–H groups in total. The van der Waals surface area contributed by atoms with Gasteiger partial charge in [-0.1, -0.05) is 12.1 Å². The average molecular weight is 246 g/mol. The van der Waals surface area contributed by atoms with E-state index in [2.05, 4.69) is 11.0 Å². The van der Waals surface area contributed by atoms with Crippen LogP contribution in [0.2, 0.25) is 0 Å². The Morgan fingerprint density at radius 1 is 1.33 bits per heavy atom. The zero-order chi connectivity index (χ0) is 12.6. The fourth-order valence-electron chi connectivity index (χ4n) is 3.10. The maximum atomic E-state index is 13.8. The summed E-state index contributed by atoms with van der Waals surface area (Å²) in [6.07, 6.45) is 1.33. The van der Waals surface area contributed by atoms with Crippen molar-refractivity contribution in [3.8, 4) is 6.07 Å². The van der Waals surface area contributed by atoms with Crippen molar-refractivity contribution in [3.63, 3.8) is 0 Å². The Balaban J connectivity index is 2.05. The van der Waals surface area contributed by atoms with Crippen LogP contribution in [-0.4, -0.2) is 31.2 Å². The third-order valence-electron chi connectivity index (χ3n) is 4.04. The summed E-state index contributed by atoms with van der Waals surface area (Å²) < 4.78 is 19.1. The molecule has 0 bridgehead atoms. The summed E-state index contributed by atoms with van der Waals surface area (Å²) in [5.41, 5.74) is 0.916. The number of halogens is 1. The van der Waals surface area contributed by atoms with E-state index in [0.717, 1.165) is 18.7 Å². The largest absolute Gasteiger partial charge is 0.379 e. The van der Waals surface area contributed by atoms with E-state index in [9.17, 15) is 9.65 Å². The normalized spacial score (nSPS) is 27.8. The summed E-state index contributed by atoms with van der Waals surface area (Å²) in [7, 11) is 0. The van der Waals surface area contributed by atoms with E-state index in [1.165, 1.54) is 6.07 Å². The van der Waals surface area contributed by atoms with Crippen molar-refractivity contribution in [2.24, 2.45) is 0 Å². The molecule has 0 radical (unpaired) electrons. The average Bonchev–Trinajstić information content (AvgIpc) is 2.81. The lowest BCUT2D eigenvalue weighted by Crippen LogP contribution is -2.49. The molecular formula is C14H15FN2O. The topological polar surface area (TPSA) is 36.3 Å². The molecule has 0 spiro atoms. The molecule has 4 heteroatoms. The van der Waals surface area contributed by atoms with Gasteiger partial charge in [0.15, 0.2) is 0 Å². The lowest BCUT2D eigenvalue weighted by molar-refractivity contribution is -0.00460. The Morgan fingerprint density at radius 3 is 2.83 bits per heavy atom. The number of nitriles is 1. The molecule has 3 rings (SSSR count). The summed E-state index contributed by atoms with van der Waals surface area (Å²) in [4.78, 5) is 2.14. The van der Waals surface area contributed by atoms with Gasteiger partial charge in [-0.25, -0.2) is 4.39 Å². The highest BCUT2D eigenvalue weighted by atomic mass is 19.1. The predicted octanol–water partition coefficient (Wildman–Crippen LogP) is 1.82. The lowest BCUT2D eigenvalue weighted by Gasteiger charge is -2.38. The van der Waals surface area contributed by atoms with E-state index in [1.807, 2.05) is 6.07 Å². The number of benzene rings is 1. The Bertz CT molecular complexity index is 505. The minimum atomic E-state index is -0.652. The molecule has 18 heavy (non-hydrogen) atoms. The van der Waals surface area contributed by atoms with Crippen LogP contribution in [0.5, 0.6) is 0 Å². The maximum absolute atomic E-state index is 13.8. The van der Waals surface area contributed by atoms with Gasteiger partial charge in [-0.05, 0) is 30.0 Å². The smallest absolute Gasteiger partial charge is 0.135 e.